The van der Waals surface area contributed by atoms with Gasteiger partial charge in [-0.1, -0.05) is 18.2 Å². The number of carbonyl (C=O) groups is 2. The molecule has 0 spiro atoms. The van der Waals surface area contributed by atoms with Crippen LogP contribution in [-0.4, -0.2) is 73.0 Å². The number of hydrogen-bond acceptors (Lipinski definition) is 4. The Morgan fingerprint density at radius 1 is 1.00 bits per heavy atom. The lowest BCUT2D eigenvalue weighted by Gasteiger charge is -2.34. The lowest BCUT2D eigenvalue weighted by atomic mass is 10.1. The van der Waals surface area contributed by atoms with E-state index in [0.29, 0.717) is 26.2 Å². The molecule has 2 N–H and O–H groups in total. The van der Waals surface area contributed by atoms with Gasteiger partial charge in [0.1, 0.15) is 0 Å². The van der Waals surface area contributed by atoms with Crippen LogP contribution in [-0.2, 0) is 4.79 Å². The maximum atomic E-state index is 12.4. The predicted molar refractivity (Wildman–Crippen MR) is 104 cm³/mol. The van der Waals surface area contributed by atoms with E-state index in [1.807, 2.05) is 35.2 Å². The highest BCUT2D eigenvalue weighted by atomic mass is 16.2. The van der Waals surface area contributed by atoms with Crippen molar-refractivity contribution in [1.29, 1.82) is 0 Å². The molecule has 2 amide bonds. The molecule has 0 atom stereocenters. The number of benzene rings is 1. The van der Waals surface area contributed by atoms with Crippen molar-refractivity contribution in [2.75, 3.05) is 45.8 Å². The molecule has 0 bridgehead atoms. The Hall–Kier alpha value is -1.92. The van der Waals surface area contributed by atoms with Crippen LogP contribution in [0, 0.1) is 0 Å². The summed E-state index contributed by atoms with van der Waals surface area (Å²) in [6.07, 6.45) is 0.919. The van der Waals surface area contributed by atoms with Crippen LogP contribution < -0.4 is 10.6 Å². The quantitative estimate of drug-likeness (QED) is 0.720. The van der Waals surface area contributed by atoms with Crippen molar-refractivity contribution >= 4 is 11.8 Å². The van der Waals surface area contributed by atoms with Crippen LogP contribution in [0.5, 0.6) is 0 Å². The number of amides is 2. The van der Waals surface area contributed by atoms with Crippen molar-refractivity contribution in [3.8, 4) is 0 Å². The average Bonchev–Trinajstić information content (AvgIpc) is 2.61. The van der Waals surface area contributed by atoms with Crippen LogP contribution in [0.15, 0.2) is 30.3 Å². The topological polar surface area (TPSA) is 64.7 Å². The molecule has 1 fully saturated rings. The highest BCUT2D eigenvalue weighted by Crippen LogP contribution is 2.08. The Kier molecular flexibility index (Phi) is 7.60. The minimum absolute atomic E-state index is 0.0589. The summed E-state index contributed by atoms with van der Waals surface area (Å²) in [5, 5.41) is 6.38. The fourth-order valence-electron chi connectivity index (χ4n) is 2.91. The second kappa shape index (κ2) is 9.69. The Morgan fingerprint density at radius 3 is 2.27 bits per heavy atom. The second-order valence-electron chi connectivity index (χ2n) is 7.81. The molecular weight excluding hydrogens is 328 g/mol. The summed E-state index contributed by atoms with van der Waals surface area (Å²) in [6.45, 7) is 11.2. The minimum Gasteiger partial charge on any atom is -0.355 e. The number of rotatable bonds is 7. The van der Waals surface area contributed by atoms with Crippen molar-refractivity contribution in [2.24, 2.45) is 0 Å². The molecule has 1 aliphatic heterocycles. The summed E-state index contributed by atoms with van der Waals surface area (Å²) >= 11 is 0. The summed E-state index contributed by atoms with van der Waals surface area (Å²) in [4.78, 5) is 28.5. The third kappa shape index (κ3) is 7.14. The Balaban J connectivity index is 1.62. The van der Waals surface area contributed by atoms with Gasteiger partial charge in [0.05, 0.1) is 6.54 Å². The third-order valence-electron chi connectivity index (χ3n) is 4.38. The van der Waals surface area contributed by atoms with Gasteiger partial charge in [-0.3, -0.25) is 14.5 Å². The normalized spacial score (nSPS) is 15.7. The van der Waals surface area contributed by atoms with E-state index in [1.54, 1.807) is 0 Å². The van der Waals surface area contributed by atoms with E-state index in [0.717, 1.165) is 31.6 Å². The van der Waals surface area contributed by atoms with Gasteiger partial charge in [-0.05, 0) is 45.9 Å². The van der Waals surface area contributed by atoms with Crippen LogP contribution in [0.1, 0.15) is 37.6 Å². The zero-order chi connectivity index (χ0) is 19.0. The monoisotopic (exact) mass is 360 g/mol. The lowest BCUT2D eigenvalue weighted by molar-refractivity contribution is -0.122. The fourth-order valence-corrected chi connectivity index (χ4v) is 2.91. The van der Waals surface area contributed by atoms with Crippen molar-refractivity contribution in [3.05, 3.63) is 35.9 Å². The Bertz CT molecular complexity index is 575. The SMILES string of the molecule is CC(C)(C)NCCCNC(=O)CN1CCN(C(=O)c2ccccc2)CC1. The first-order chi connectivity index (χ1) is 12.3. The van der Waals surface area contributed by atoms with Gasteiger partial charge in [0, 0.05) is 43.8 Å². The minimum atomic E-state index is 0.0589. The van der Waals surface area contributed by atoms with Crippen molar-refractivity contribution in [3.63, 3.8) is 0 Å². The van der Waals surface area contributed by atoms with E-state index >= 15 is 0 Å². The van der Waals surface area contributed by atoms with E-state index in [9.17, 15) is 9.59 Å². The molecule has 26 heavy (non-hydrogen) atoms. The lowest BCUT2D eigenvalue weighted by Crippen LogP contribution is -2.51. The van der Waals surface area contributed by atoms with Crippen molar-refractivity contribution < 1.29 is 9.59 Å². The first-order valence-corrected chi connectivity index (χ1v) is 9.43. The standard InChI is InChI=1S/C20H32N4O2/c1-20(2,3)22-11-7-10-21-18(25)16-23-12-14-24(15-13-23)19(26)17-8-5-4-6-9-17/h4-6,8-9,22H,7,10-16H2,1-3H3,(H,21,25). The van der Waals surface area contributed by atoms with Gasteiger partial charge in [-0.25, -0.2) is 0 Å². The number of hydrogen-bond donors (Lipinski definition) is 2. The van der Waals surface area contributed by atoms with Crippen LogP contribution >= 0.6 is 0 Å². The smallest absolute Gasteiger partial charge is 0.253 e. The molecule has 1 heterocycles. The summed E-state index contributed by atoms with van der Waals surface area (Å²) in [7, 11) is 0. The summed E-state index contributed by atoms with van der Waals surface area (Å²) in [5.74, 6) is 0.129. The van der Waals surface area contributed by atoms with Gasteiger partial charge >= 0.3 is 0 Å². The van der Waals surface area contributed by atoms with Crippen LogP contribution in [0.4, 0.5) is 0 Å². The second-order valence-corrected chi connectivity index (χ2v) is 7.81. The van der Waals surface area contributed by atoms with Crippen LogP contribution in [0.25, 0.3) is 0 Å². The largest absolute Gasteiger partial charge is 0.355 e. The number of carbonyl (C=O) groups excluding carboxylic acids is 2. The van der Waals surface area contributed by atoms with Gasteiger partial charge in [-0.2, -0.15) is 0 Å². The predicted octanol–water partition coefficient (Wildman–Crippen LogP) is 1.34. The molecule has 0 aliphatic carbocycles. The number of piperazine rings is 1. The fraction of sp³-hybridized carbons (Fsp3) is 0.600. The molecule has 1 aliphatic rings. The number of nitrogens with one attached hydrogen (secondary N) is 2. The van der Waals surface area contributed by atoms with Crippen molar-refractivity contribution in [2.45, 2.75) is 32.7 Å². The summed E-state index contributed by atoms with van der Waals surface area (Å²) < 4.78 is 0. The highest BCUT2D eigenvalue weighted by Gasteiger charge is 2.23. The Morgan fingerprint density at radius 2 is 1.65 bits per heavy atom. The molecule has 0 aromatic heterocycles. The zero-order valence-corrected chi connectivity index (χ0v) is 16.3. The van der Waals surface area contributed by atoms with E-state index in [1.165, 1.54) is 0 Å². The molecule has 0 saturated carbocycles. The van der Waals surface area contributed by atoms with Gasteiger partial charge in [0.15, 0.2) is 0 Å². The van der Waals surface area contributed by atoms with Gasteiger partial charge in [-0.15, -0.1) is 0 Å². The maximum absolute atomic E-state index is 12.4. The zero-order valence-electron chi connectivity index (χ0n) is 16.3. The summed E-state index contributed by atoms with van der Waals surface area (Å²) in [5.41, 5.74) is 0.837. The van der Waals surface area contributed by atoms with E-state index in [4.69, 9.17) is 0 Å². The van der Waals surface area contributed by atoms with Gasteiger partial charge in [0.25, 0.3) is 5.91 Å². The van der Waals surface area contributed by atoms with E-state index in [-0.39, 0.29) is 17.4 Å². The maximum Gasteiger partial charge on any atom is 0.253 e. The highest BCUT2D eigenvalue weighted by molar-refractivity contribution is 5.94. The van der Waals surface area contributed by atoms with Crippen LogP contribution in [0.3, 0.4) is 0 Å². The first kappa shape index (κ1) is 20.4. The Labute approximate surface area is 156 Å². The van der Waals surface area contributed by atoms with E-state index < -0.39 is 0 Å². The third-order valence-corrected chi connectivity index (χ3v) is 4.38. The average molecular weight is 361 g/mol. The molecule has 0 radical (unpaired) electrons. The molecule has 1 aromatic rings. The molecule has 0 unspecified atom stereocenters. The van der Waals surface area contributed by atoms with Crippen molar-refractivity contribution in [1.82, 2.24) is 20.4 Å². The van der Waals surface area contributed by atoms with Gasteiger partial charge < -0.3 is 15.5 Å². The molecule has 6 heteroatoms. The molecule has 144 valence electrons. The molecule has 6 nitrogen and oxygen atoms in total. The molecule has 1 saturated heterocycles. The molecule has 2 rings (SSSR count). The number of nitrogens with zero attached hydrogens (tertiary/aromatic N) is 2. The molecular formula is C20H32N4O2. The van der Waals surface area contributed by atoms with Gasteiger partial charge in [0.2, 0.25) is 5.91 Å². The van der Waals surface area contributed by atoms with Crippen LogP contribution in [0.2, 0.25) is 0 Å². The van der Waals surface area contributed by atoms with E-state index in [2.05, 4.69) is 36.3 Å². The first-order valence-electron chi connectivity index (χ1n) is 9.43. The summed E-state index contributed by atoms with van der Waals surface area (Å²) in [6, 6.07) is 9.36. The molecule has 1 aromatic carbocycles.